The number of rotatable bonds is 18. The molecule has 3 N–H and O–H groups in total. The summed E-state index contributed by atoms with van der Waals surface area (Å²) in [6.07, 6.45) is 14.4. The van der Waals surface area contributed by atoms with E-state index in [0.29, 0.717) is 6.42 Å². The van der Waals surface area contributed by atoms with Gasteiger partial charge in [0.2, 0.25) is 5.78 Å². The Hall–Kier alpha value is -2.75. The molecule has 3 aromatic carbocycles. The molecular weight excluding hydrogens is 657 g/mol. The number of Topliss-reactive ketones (excluding diaryl/α,β-unsaturated/α-hetero) is 2. The summed E-state index contributed by atoms with van der Waals surface area (Å²) in [6.45, 7) is 2.20. The molecule has 0 aromatic heterocycles. The summed E-state index contributed by atoms with van der Waals surface area (Å²) >= 11 is 0. The molecule has 0 heterocycles. The van der Waals surface area contributed by atoms with Crippen LogP contribution in [0.4, 0.5) is 0 Å². The van der Waals surface area contributed by atoms with Gasteiger partial charge in [0, 0.05) is 22.6 Å². The monoisotopic (exact) mass is 696 g/mol. The van der Waals surface area contributed by atoms with Gasteiger partial charge in [0.05, 0.1) is 0 Å². The molecule has 11 nitrogen and oxygen atoms in total. The summed E-state index contributed by atoms with van der Waals surface area (Å²) in [6, 6.07) is 5.58. The minimum absolute atomic E-state index is 0.0507. The third-order valence-corrected chi connectivity index (χ3v) is 11.5. The molecule has 252 valence electrons. The van der Waals surface area contributed by atoms with E-state index < -0.39 is 62.2 Å². The molecule has 46 heavy (non-hydrogen) atoms. The Morgan fingerprint density at radius 2 is 1.20 bits per heavy atom. The molecule has 0 aliphatic heterocycles. The van der Waals surface area contributed by atoms with E-state index in [0.717, 1.165) is 49.9 Å². The topological polar surface area (TPSA) is 197 Å². The van der Waals surface area contributed by atoms with E-state index in [2.05, 4.69) is 6.92 Å². The van der Waals surface area contributed by atoms with Gasteiger partial charge < -0.3 is 0 Å². The lowest BCUT2D eigenvalue weighted by atomic mass is 9.86. The third-order valence-electron chi connectivity index (χ3n) is 8.65. The van der Waals surface area contributed by atoms with Crippen LogP contribution in [-0.2, 0) is 35.1 Å². The highest BCUT2D eigenvalue weighted by Crippen LogP contribution is 2.41. The van der Waals surface area contributed by atoms with Crippen molar-refractivity contribution in [1.29, 1.82) is 0 Å². The third kappa shape index (κ3) is 7.85. The molecule has 1 aliphatic carbocycles. The zero-order chi connectivity index (χ0) is 33.9. The van der Waals surface area contributed by atoms with Crippen LogP contribution in [0.2, 0.25) is 0 Å². The van der Waals surface area contributed by atoms with Gasteiger partial charge in [-0.15, -0.1) is 0 Å². The van der Waals surface area contributed by atoms with Crippen LogP contribution in [-0.4, -0.2) is 50.5 Å². The molecule has 0 bridgehead atoms. The number of hydrogen-bond acceptors (Lipinski definition) is 8. The highest BCUT2D eigenvalue weighted by atomic mass is 32.2. The molecule has 1 unspecified atom stereocenters. The molecule has 0 radical (unpaired) electrons. The standard InChI is InChI=1S/C32H40O11S3/c1-2-3-4-5-6-7-8-9-10-11-12-13-14-15-26(33)25-20-27(44(35,36)37)22-17-19-24-29-23(18-16-21(25)28(22)29)31(45(38,39)40)30(34)32(24)46(41,42)43/h16-20,31H,2-15H2,1H3,(H,35,36,37)(H,38,39,40)(H,41,42,43). The lowest BCUT2D eigenvalue weighted by molar-refractivity contribution is -0.113. The fourth-order valence-corrected chi connectivity index (χ4v) is 9.00. The van der Waals surface area contributed by atoms with Crippen molar-refractivity contribution in [3.63, 3.8) is 0 Å². The first-order chi connectivity index (χ1) is 21.6. The molecule has 0 saturated carbocycles. The minimum atomic E-state index is -5.34. The van der Waals surface area contributed by atoms with E-state index >= 15 is 0 Å². The summed E-state index contributed by atoms with van der Waals surface area (Å²) in [5.74, 6) is -2.04. The average molecular weight is 697 g/mol. The van der Waals surface area contributed by atoms with Gasteiger partial charge in [-0.25, -0.2) is 0 Å². The van der Waals surface area contributed by atoms with Crippen LogP contribution in [0.15, 0.2) is 35.2 Å². The highest BCUT2D eigenvalue weighted by molar-refractivity contribution is 7.97. The highest BCUT2D eigenvalue weighted by Gasteiger charge is 2.44. The molecular formula is C32H40O11S3. The van der Waals surface area contributed by atoms with Crippen molar-refractivity contribution in [1.82, 2.24) is 0 Å². The Bertz CT molecular complexity index is 2030. The Morgan fingerprint density at radius 3 is 1.70 bits per heavy atom. The summed E-state index contributed by atoms with van der Waals surface area (Å²) in [5, 5.41) is -3.28. The summed E-state index contributed by atoms with van der Waals surface area (Å²) in [7, 11) is -15.6. The van der Waals surface area contributed by atoms with Gasteiger partial charge in [0.1, 0.15) is 9.80 Å². The van der Waals surface area contributed by atoms with Gasteiger partial charge in [0.25, 0.3) is 30.4 Å². The number of ketones is 2. The first-order valence-electron chi connectivity index (χ1n) is 15.6. The summed E-state index contributed by atoms with van der Waals surface area (Å²) in [5.41, 5.74) is -0.466. The van der Waals surface area contributed by atoms with E-state index in [1.807, 2.05) is 0 Å². The van der Waals surface area contributed by atoms with Crippen molar-refractivity contribution < 1.29 is 48.5 Å². The van der Waals surface area contributed by atoms with Crippen LogP contribution < -0.4 is 5.22 Å². The van der Waals surface area contributed by atoms with Crippen LogP contribution in [0, 0.1) is 0 Å². The zero-order valence-corrected chi connectivity index (χ0v) is 28.1. The van der Waals surface area contributed by atoms with E-state index in [1.54, 1.807) is 0 Å². The molecule has 1 atom stereocenters. The van der Waals surface area contributed by atoms with E-state index in [-0.39, 0.29) is 39.1 Å². The van der Waals surface area contributed by atoms with Gasteiger partial charge in [-0.1, -0.05) is 108 Å². The predicted molar refractivity (Wildman–Crippen MR) is 175 cm³/mol. The van der Waals surface area contributed by atoms with Crippen molar-refractivity contribution in [2.45, 2.75) is 107 Å². The van der Waals surface area contributed by atoms with Crippen LogP contribution in [0.3, 0.4) is 0 Å². The van der Waals surface area contributed by atoms with Crippen molar-refractivity contribution in [3.05, 3.63) is 46.7 Å². The maximum absolute atomic E-state index is 13.5. The maximum Gasteiger partial charge on any atom is 0.298 e. The second-order valence-electron chi connectivity index (χ2n) is 12.0. The zero-order valence-electron chi connectivity index (χ0n) is 25.7. The van der Waals surface area contributed by atoms with Crippen molar-refractivity contribution in [2.24, 2.45) is 0 Å². The van der Waals surface area contributed by atoms with E-state index in [9.17, 15) is 48.5 Å². The van der Waals surface area contributed by atoms with Gasteiger partial charge >= 0.3 is 0 Å². The Balaban J connectivity index is 1.63. The van der Waals surface area contributed by atoms with Crippen LogP contribution >= 0.6 is 0 Å². The first kappa shape index (κ1) is 36.1. The summed E-state index contributed by atoms with van der Waals surface area (Å²) in [4.78, 5) is 24.6. The first-order valence-corrected chi connectivity index (χ1v) is 20.0. The summed E-state index contributed by atoms with van der Waals surface area (Å²) < 4.78 is 104. The Morgan fingerprint density at radius 1 is 0.674 bits per heavy atom. The molecule has 4 rings (SSSR count). The molecule has 3 aromatic rings. The van der Waals surface area contributed by atoms with Crippen molar-refractivity contribution in [3.8, 4) is 0 Å². The largest absolute Gasteiger partial charge is 0.298 e. The number of carbonyl (C=O) groups excluding carboxylic acids is 2. The fraction of sp³-hybridized carbons (Fsp3) is 0.500. The molecule has 0 saturated heterocycles. The van der Waals surface area contributed by atoms with E-state index in [1.165, 1.54) is 57.4 Å². The lowest BCUT2D eigenvalue weighted by Gasteiger charge is -2.24. The van der Waals surface area contributed by atoms with Gasteiger partial charge in [0.15, 0.2) is 11.0 Å². The SMILES string of the molecule is CCCCCCCCCCCCCCCC(=O)c1cc(S(=O)(=O)O)c2ccc3c4c(ccc1c24)C(S(=O)(=O)O)C(=O)C=3S(=O)(=O)O. The van der Waals surface area contributed by atoms with E-state index in [4.69, 9.17) is 0 Å². The second-order valence-corrected chi connectivity index (χ2v) is 16.2. The van der Waals surface area contributed by atoms with Crippen molar-refractivity contribution in [2.75, 3.05) is 0 Å². The van der Waals surface area contributed by atoms with Gasteiger partial charge in [-0.05, 0) is 34.2 Å². The Kier molecular flexibility index (Phi) is 11.4. The smallest absolute Gasteiger partial charge is 0.294 e. The normalized spacial score (nSPS) is 15.7. The molecule has 14 heteroatoms. The molecule has 1 aliphatic rings. The van der Waals surface area contributed by atoms with Gasteiger partial charge in [-0.3, -0.25) is 23.2 Å². The Labute approximate surface area is 269 Å². The lowest BCUT2D eigenvalue weighted by Crippen LogP contribution is -2.34. The van der Waals surface area contributed by atoms with Gasteiger partial charge in [-0.2, -0.15) is 25.3 Å². The average Bonchev–Trinajstić information content (AvgIpc) is 2.95. The fourth-order valence-electron chi connectivity index (χ4n) is 6.48. The van der Waals surface area contributed by atoms with Crippen molar-refractivity contribution >= 4 is 68.4 Å². The van der Waals surface area contributed by atoms with Crippen LogP contribution in [0.5, 0.6) is 0 Å². The number of unbranched alkanes of at least 4 members (excludes halogenated alkanes) is 12. The number of carbonyl (C=O) groups is 2. The number of benzene rings is 3. The second kappa shape index (κ2) is 14.6. The van der Waals surface area contributed by atoms with Crippen LogP contribution in [0.25, 0.3) is 26.5 Å². The maximum atomic E-state index is 13.5. The molecule has 0 fully saturated rings. The van der Waals surface area contributed by atoms with Crippen LogP contribution in [0.1, 0.15) is 118 Å². The quantitative estimate of drug-likeness (QED) is 0.0786. The minimum Gasteiger partial charge on any atom is -0.294 e. The molecule has 0 spiro atoms. The number of hydrogen-bond donors (Lipinski definition) is 3. The molecule has 0 amide bonds. The predicted octanol–water partition coefficient (Wildman–Crippen LogP) is 6.13.